The highest BCUT2D eigenvalue weighted by molar-refractivity contribution is 5.93. The van der Waals surface area contributed by atoms with Gasteiger partial charge in [-0.25, -0.2) is 14.5 Å². The van der Waals surface area contributed by atoms with Crippen LogP contribution in [0.4, 0.5) is 5.69 Å². The van der Waals surface area contributed by atoms with Gasteiger partial charge in [0.2, 0.25) is 5.91 Å². The van der Waals surface area contributed by atoms with Gasteiger partial charge in [0.05, 0.1) is 17.9 Å². The summed E-state index contributed by atoms with van der Waals surface area (Å²) < 4.78 is 1.85. The number of rotatable bonds is 5. The molecule has 4 aromatic rings. The molecule has 0 atom stereocenters. The number of benzene rings is 1. The highest BCUT2D eigenvalue weighted by Gasteiger charge is 2.17. The molecule has 0 saturated heterocycles. The van der Waals surface area contributed by atoms with E-state index in [2.05, 4.69) is 28.4 Å². The van der Waals surface area contributed by atoms with Gasteiger partial charge in [-0.1, -0.05) is 12.1 Å². The first-order valence-electron chi connectivity index (χ1n) is 10.3. The zero-order valence-electron chi connectivity index (χ0n) is 18.2. The van der Waals surface area contributed by atoms with Crippen molar-refractivity contribution in [2.45, 2.75) is 47.0 Å². The molecule has 4 rings (SSSR count). The Bertz CT molecular complexity index is 1350. The van der Waals surface area contributed by atoms with E-state index in [0.717, 1.165) is 50.5 Å². The van der Waals surface area contributed by atoms with Crippen LogP contribution in [-0.2, 0) is 17.6 Å². The Labute approximate surface area is 180 Å². The first kappa shape index (κ1) is 20.5. The van der Waals surface area contributed by atoms with Gasteiger partial charge in [-0.3, -0.25) is 4.79 Å². The Balaban J connectivity index is 1.55. The topological polar surface area (TPSA) is 96.0 Å². The lowest BCUT2D eigenvalue weighted by Gasteiger charge is -2.11. The molecule has 7 heteroatoms. The van der Waals surface area contributed by atoms with Crippen LogP contribution in [0.5, 0.6) is 0 Å². The van der Waals surface area contributed by atoms with E-state index >= 15 is 0 Å². The Hall–Kier alpha value is -3.79. The van der Waals surface area contributed by atoms with E-state index in [-0.39, 0.29) is 5.91 Å². The highest BCUT2D eigenvalue weighted by Crippen LogP contribution is 2.25. The standard InChI is InChI=1S/C24H24N6O/c1-14-13-15(2)26-23-22(14)24-27-16(3)20(17(4)30(24)29-23)9-10-21(31)28-19-7-5-18(6-8-19)11-12-25/h5-8,13H,9-11H2,1-4H3,(H,28,31). The van der Waals surface area contributed by atoms with E-state index in [9.17, 15) is 4.79 Å². The van der Waals surface area contributed by atoms with Gasteiger partial charge in [-0.15, -0.1) is 5.10 Å². The molecule has 1 N–H and O–H groups in total. The van der Waals surface area contributed by atoms with Gasteiger partial charge in [0, 0.05) is 29.2 Å². The van der Waals surface area contributed by atoms with Crippen molar-refractivity contribution < 1.29 is 4.79 Å². The maximum absolute atomic E-state index is 12.5. The molecule has 0 aliphatic heterocycles. The normalized spacial score (nSPS) is 11.1. The summed E-state index contributed by atoms with van der Waals surface area (Å²) in [5, 5.41) is 17.3. The summed E-state index contributed by atoms with van der Waals surface area (Å²) in [4.78, 5) is 21.9. The molecule has 0 radical (unpaired) electrons. The molecule has 0 unspecified atom stereocenters. The first-order valence-corrected chi connectivity index (χ1v) is 10.3. The number of hydrogen-bond donors (Lipinski definition) is 1. The summed E-state index contributed by atoms with van der Waals surface area (Å²) in [6.45, 7) is 8.00. The van der Waals surface area contributed by atoms with Gasteiger partial charge >= 0.3 is 0 Å². The second-order valence-corrected chi connectivity index (χ2v) is 7.86. The lowest BCUT2D eigenvalue weighted by atomic mass is 10.1. The monoisotopic (exact) mass is 412 g/mol. The van der Waals surface area contributed by atoms with Crippen LogP contribution in [0.2, 0.25) is 0 Å². The lowest BCUT2D eigenvalue weighted by Crippen LogP contribution is -2.14. The number of aromatic nitrogens is 4. The molecule has 0 saturated carbocycles. The second-order valence-electron chi connectivity index (χ2n) is 7.86. The number of aryl methyl sites for hydroxylation is 4. The number of nitriles is 1. The van der Waals surface area contributed by atoms with E-state index in [1.54, 1.807) is 0 Å². The summed E-state index contributed by atoms with van der Waals surface area (Å²) in [5.74, 6) is -0.0642. The van der Waals surface area contributed by atoms with Crippen LogP contribution in [0.15, 0.2) is 30.3 Å². The van der Waals surface area contributed by atoms with Gasteiger partial charge < -0.3 is 5.32 Å². The van der Waals surface area contributed by atoms with Crippen molar-refractivity contribution in [1.29, 1.82) is 5.26 Å². The minimum absolute atomic E-state index is 0.0642. The number of carbonyl (C=O) groups excluding carboxylic acids is 1. The number of carbonyl (C=O) groups is 1. The predicted molar refractivity (Wildman–Crippen MR) is 120 cm³/mol. The van der Waals surface area contributed by atoms with Crippen molar-refractivity contribution in [3.05, 3.63) is 64.1 Å². The predicted octanol–water partition coefficient (Wildman–Crippen LogP) is 4.15. The summed E-state index contributed by atoms with van der Waals surface area (Å²) in [5.41, 5.74) is 8.10. The van der Waals surface area contributed by atoms with Crippen molar-refractivity contribution >= 4 is 28.3 Å². The molecule has 3 aromatic heterocycles. The Morgan fingerprint density at radius 2 is 1.87 bits per heavy atom. The SMILES string of the molecule is Cc1cc(C)c2c(n1)nn1c(C)c(CCC(=O)Nc3ccc(CC#N)cc3)c(C)nc21. The van der Waals surface area contributed by atoms with Crippen molar-refractivity contribution in [3.8, 4) is 6.07 Å². The molecular formula is C24H24N6O. The molecule has 1 amide bonds. The van der Waals surface area contributed by atoms with Crippen molar-refractivity contribution in [3.63, 3.8) is 0 Å². The minimum atomic E-state index is -0.0642. The number of anilines is 1. The van der Waals surface area contributed by atoms with Crippen LogP contribution in [0.25, 0.3) is 16.7 Å². The first-order chi connectivity index (χ1) is 14.9. The fourth-order valence-electron chi connectivity index (χ4n) is 3.99. The third kappa shape index (κ3) is 3.97. The van der Waals surface area contributed by atoms with Crippen LogP contribution < -0.4 is 5.32 Å². The second kappa shape index (κ2) is 8.15. The zero-order valence-corrected chi connectivity index (χ0v) is 18.2. The van der Waals surface area contributed by atoms with Gasteiger partial charge in [0.1, 0.15) is 0 Å². The molecule has 0 spiro atoms. The largest absolute Gasteiger partial charge is 0.326 e. The lowest BCUT2D eigenvalue weighted by molar-refractivity contribution is -0.116. The third-order valence-electron chi connectivity index (χ3n) is 5.53. The smallest absolute Gasteiger partial charge is 0.224 e. The molecule has 0 aliphatic rings. The van der Waals surface area contributed by atoms with E-state index < -0.39 is 0 Å². The van der Waals surface area contributed by atoms with Crippen molar-refractivity contribution in [2.75, 3.05) is 5.32 Å². The number of nitrogens with one attached hydrogen (secondary N) is 1. The molecule has 0 aliphatic carbocycles. The van der Waals surface area contributed by atoms with Crippen LogP contribution in [-0.4, -0.2) is 25.5 Å². The fourth-order valence-corrected chi connectivity index (χ4v) is 3.99. The molecular weight excluding hydrogens is 388 g/mol. The van der Waals surface area contributed by atoms with Crippen LogP contribution in [0, 0.1) is 39.0 Å². The maximum atomic E-state index is 12.5. The molecule has 156 valence electrons. The Kier molecular flexibility index (Phi) is 5.38. The molecule has 7 nitrogen and oxygen atoms in total. The van der Waals surface area contributed by atoms with Crippen LogP contribution in [0.1, 0.15) is 40.2 Å². The third-order valence-corrected chi connectivity index (χ3v) is 5.53. The van der Waals surface area contributed by atoms with Gasteiger partial charge in [-0.05, 0) is 69.0 Å². The molecule has 0 fully saturated rings. The van der Waals surface area contributed by atoms with E-state index in [4.69, 9.17) is 10.2 Å². The number of pyridine rings is 1. The van der Waals surface area contributed by atoms with E-state index in [0.29, 0.717) is 24.9 Å². The Morgan fingerprint density at radius 1 is 1.13 bits per heavy atom. The zero-order chi connectivity index (χ0) is 22.1. The van der Waals surface area contributed by atoms with Crippen LogP contribution >= 0.6 is 0 Å². The number of hydrogen-bond acceptors (Lipinski definition) is 5. The summed E-state index contributed by atoms with van der Waals surface area (Å²) >= 11 is 0. The Morgan fingerprint density at radius 3 is 2.58 bits per heavy atom. The molecule has 0 bridgehead atoms. The van der Waals surface area contributed by atoms with Crippen LogP contribution in [0.3, 0.4) is 0 Å². The van der Waals surface area contributed by atoms with E-state index in [1.165, 1.54) is 0 Å². The maximum Gasteiger partial charge on any atom is 0.224 e. The molecule has 1 aromatic carbocycles. The highest BCUT2D eigenvalue weighted by atomic mass is 16.1. The molecule has 31 heavy (non-hydrogen) atoms. The minimum Gasteiger partial charge on any atom is -0.326 e. The van der Waals surface area contributed by atoms with Gasteiger partial charge in [-0.2, -0.15) is 5.26 Å². The number of nitrogens with zero attached hydrogens (tertiary/aromatic N) is 5. The quantitative estimate of drug-likeness (QED) is 0.531. The van der Waals surface area contributed by atoms with Crippen molar-refractivity contribution in [2.24, 2.45) is 0 Å². The summed E-state index contributed by atoms with van der Waals surface area (Å²) in [6.07, 6.45) is 1.27. The average Bonchev–Trinajstić information content (AvgIpc) is 3.08. The van der Waals surface area contributed by atoms with Gasteiger partial charge in [0.15, 0.2) is 11.3 Å². The summed E-state index contributed by atoms with van der Waals surface area (Å²) in [6, 6.07) is 11.5. The average molecular weight is 412 g/mol. The fraction of sp³-hybridized carbons (Fsp3) is 0.292. The number of fused-ring (bicyclic) bond motifs is 3. The van der Waals surface area contributed by atoms with Crippen molar-refractivity contribution in [1.82, 2.24) is 19.6 Å². The van der Waals surface area contributed by atoms with Gasteiger partial charge in [0.25, 0.3) is 0 Å². The summed E-state index contributed by atoms with van der Waals surface area (Å²) in [7, 11) is 0. The van der Waals surface area contributed by atoms with E-state index in [1.807, 2.05) is 55.6 Å². The number of amides is 1. The molecule has 3 heterocycles.